The van der Waals surface area contributed by atoms with Gasteiger partial charge in [0.15, 0.2) is 12.4 Å². The molecule has 0 atom stereocenters. The first-order chi connectivity index (χ1) is 11.6. The minimum Gasteiger partial charge on any atom is -0.495 e. The molecule has 2 aromatic rings. The van der Waals surface area contributed by atoms with Gasteiger partial charge >= 0.3 is 5.97 Å². The summed E-state index contributed by atoms with van der Waals surface area (Å²) in [7, 11) is 1.52. The molecule has 0 saturated heterocycles. The first kappa shape index (κ1) is 17.5. The number of esters is 1. The lowest BCUT2D eigenvalue weighted by Crippen LogP contribution is -2.15. The zero-order valence-electron chi connectivity index (χ0n) is 13.6. The van der Waals surface area contributed by atoms with Crippen LogP contribution in [0.25, 0.3) is 0 Å². The third-order valence-corrected chi connectivity index (χ3v) is 3.02. The molecule has 0 aliphatic heterocycles. The second-order valence-corrected chi connectivity index (χ2v) is 4.94. The SMILES string of the molecule is CCCC(=O)OCc1nc(CC(=O)Nc2ccccc2OC)no1. The van der Waals surface area contributed by atoms with Crippen molar-refractivity contribution in [2.24, 2.45) is 0 Å². The second kappa shape index (κ2) is 8.66. The fraction of sp³-hybridized carbons (Fsp3) is 0.375. The van der Waals surface area contributed by atoms with E-state index < -0.39 is 0 Å². The molecule has 0 aliphatic rings. The van der Waals surface area contributed by atoms with Gasteiger partial charge in [-0.25, -0.2) is 0 Å². The summed E-state index contributed by atoms with van der Waals surface area (Å²) in [6.45, 7) is 1.78. The average Bonchev–Trinajstić information content (AvgIpc) is 3.01. The molecular weight excluding hydrogens is 314 g/mol. The Labute approximate surface area is 139 Å². The normalized spacial score (nSPS) is 10.2. The minimum absolute atomic E-state index is 0.0650. The van der Waals surface area contributed by atoms with Crippen molar-refractivity contribution in [3.8, 4) is 5.75 Å². The van der Waals surface area contributed by atoms with E-state index in [2.05, 4.69) is 15.5 Å². The maximum absolute atomic E-state index is 12.0. The van der Waals surface area contributed by atoms with Crippen LogP contribution in [-0.4, -0.2) is 29.1 Å². The van der Waals surface area contributed by atoms with Gasteiger partial charge in [-0.05, 0) is 18.6 Å². The van der Waals surface area contributed by atoms with Gasteiger partial charge in [0.05, 0.1) is 19.2 Å². The third-order valence-electron chi connectivity index (χ3n) is 3.02. The number of para-hydroxylation sites is 2. The Kier molecular flexibility index (Phi) is 6.30. The quantitative estimate of drug-likeness (QED) is 0.738. The van der Waals surface area contributed by atoms with Crippen molar-refractivity contribution in [3.63, 3.8) is 0 Å². The lowest BCUT2D eigenvalue weighted by molar-refractivity contribution is -0.145. The highest BCUT2D eigenvalue weighted by atomic mass is 16.6. The number of carbonyl (C=O) groups excluding carboxylic acids is 2. The average molecular weight is 333 g/mol. The highest BCUT2D eigenvalue weighted by molar-refractivity contribution is 5.93. The summed E-state index contributed by atoms with van der Waals surface area (Å²) in [6, 6.07) is 7.06. The maximum atomic E-state index is 12.0. The molecule has 0 saturated carbocycles. The number of ether oxygens (including phenoxy) is 2. The molecule has 8 nitrogen and oxygen atoms in total. The van der Waals surface area contributed by atoms with E-state index in [0.29, 0.717) is 24.3 Å². The zero-order valence-corrected chi connectivity index (χ0v) is 13.6. The van der Waals surface area contributed by atoms with Crippen molar-refractivity contribution < 1.29 is 23.6 Å². The van der Waals surface area contributed by atoms with Gasteiger partial charge in [-0.2, -0.15) is 4.98 Å². The molecule has 1 aromatic heterocycles. The number of hydrogen-bond acceptors (Lipinski definition) is 7. The molecule has 0 aliphatic carbocycles. The Bertz CT molecular complexity index is 699. The minimum atomic E-state index is -0.328. The van der Waals surface area contributed by atoms with Gasteiger partial charge in [-0.15, -0.1) is 0 Å². The standard InChI is InChI=1S/C16H19N3O5/c1-3-6-16(21)23-10-15-18-13(19-24-15)9-14(20)17-11-7-4-5-8-12(11)22-2/h4-5,7-8H,3,6,9-10H2,1-2H3,(H,17,20). The Morgan fingerprint density at radius 1 is 1.29 bits per heavy atom. The summed E-state index contributed by atoms with van der Waals surface area (Å²) in [6.07, 6.45) is 0.976. The van der Waals surface area contributed by atoms with E-state index in [1.807, 2.05) is 6.92 Å². The summed E-state index contributed by atoms with van der Waals surface area (Å²) in [5, 5.41) is 6.41. The summed E-state index contributed by atoms with van der Waals surface area (Å²) in [4.78, 5) is 27.3. The Morgan fingerprint density at radius 3 is 2.83 bits per heavy atom. The van der Waals surface area contributed by atoms with Gasteiger partial charge in [0.1, 0.15) is 5.75 Å². The van der Waals surface area contributed by atoms with E-state index in [4.69, 9.17) is 14.0 Å². The highest BCUT2D eigenvalue weighted by Crippen LogP contribution is 2.23. The number of aromatic nitrogens is 2. The van der Waals surface area contributed by atoms with Crippen LogP contribution in [0.3, 0.4) is 0 Å². The van der Waals surface area contributed by atoms with Gasteiger partial charge in [0, 0.05) is 6.42 Å². The van der Waals surface area contributed by atoms with Crippen LogP contribution in [0.1, 0.15) is 31.5 Å². The number of nitrogens with one attached hydrogen (secondary N) is 1. The fourth-order valence-corrected chi connectivity index (χ4v) is 1.93. The molecule has 0 bridgehead atoms. The van der Waals surface area contributed by atoms with E-state index in [1.54, 1.807) is 24.3 Å². The molecule has 0 spiro atoms. The van der Waals surface area contributed by atoms with Crippen LogP contribution < -0.4 is 10.1 Å². The van der Waals surface area contributed by atoms with Crippen LogP contribution >= 0.6 is 0 Å². The Morgan fingerprint density at radius 2 is 2.08 bits per heavy atom. The number of rotatable bonds is 8. The van der Waals surface area contributed by atoms with E-state index >= 15 is 0 Å². The number of benzene rings is 1. The molecule has 0 fully saturated rings. The van der Waals surface area contributed by atoms with Crippen molar-refractivity contribution in [2.75, 3.05) is 12.4 Å². The van der Waals surface area contributed by atoms with Gasteiger partial charge in [-0.1, -0.05) is 24.2 Å². The topological polar surface area (TPSA) is 104 Å². The van der Waals surface area contributed by atoms with E-state index in [1.165, 1.54) is 7.11 Å². The molecule has 0 unspecified atom stereocenters. The number of nitrogens with zero attached hydrogens (tertiary/aromatic N) is 2. The maximum Gasteiger partial charge on any atom is 0.306 e. The molecule has 1 aromatic carbocycles. The predicted molar refractivity (Wildman–Crippen MR) is 84.3 cm³/mol. The summed E-state index contributed by atoms with van der Waals surface area (Å²) in [5.41, 5.74) is 0.558. The van der Waals surface area contributed by atoms with Crippen molar-refractivity contribution in [2.45, 2.75) is 32.8 Å². The molecule has 1 heterocycles. The predicted octanol–water partition coefficient (Wildman–Crippen LogP) is 2.10. The number of amides is 1. The summed E-state index contributed by atoms with van der Waals surface area (Å²) >= 11 is 0. The molecule has 1 amide bonds. The third kappa shape index (κ3) is 5.08. The van der Waals surface area contributed by atoms with Gasteiger partial charge in [0.25, 0.3) is 5.89 Å². The van der Waals surface area contributed by atoms with Crippen molar-refractivity contribution >= 4 is 17.6 Å². The van der Waals surface area contributed by atoms with Crippen LogP contribution in [-0.2, 0) is 27.4 Å². The second-order valence-electron chi connectivity index (χ2n) is 4.94. The van der Waals surface area contributed by atoms with E-state index in [9.17, 15) is 9.59 Å². The van der Waals surface area contributed by atoms with Crippen molar-refractivity contribution in [3.05, 3.63) is 36.0 Å². The largest absolute Gasteiger partial charge is 0.495 e. The van der Waals surface area contributed by atoms with Gasteiger partial charge < -0.3 is 19.3 Å². The number of methoxy groups -OCH3 is 1. The van der Waals surface area contributed by atoms with Crippen LogP contribution in [0.2, 0.25) is 0 Å². The highest BCUT2D eigenvalue weighted by Gasteiger charge is 2.14. The van der Waals surface area contributed by atoms with Crippen molar-refractivity contribution in [1.29, 1.82) is 0 Å². The first-order valence-electron chi connectivity index (χ1n) is 7.52. The Balaban J connectivity index is 1.87. The first-order valence-corrected chi connectivity index (χ1v) is 7.52. The number of anilines is 1. The summed E-state index contributed by atoms with van der Waals surface area (Å²) in [5.74, 6) is 0.284. The Hall–Kier alpha value is -2.90. The van der Waals surface area contributed by atoms with Gasteiger partial charge in [-0.3, -0.25) is 9.59 Å². The molecule has 2 rings (SSSR count). The molecule has 128 valence electrons. The number of hydrogen-bond donors (Lipinski definition) is 1. The smallest absolute Gasteiger partial charge is 0.306 e. The fourth-order valence-electron chi connectivity index (χ4n) is 1.93. The summed E-state index contributed by atoms with van der Waals surface area (Å²) < 4.78 is 15.1. The monoisotopic (exact) mass is 333 g/mol. The molecule has 8 heteroatoms. The van der Waals surface area contributed by atoms with E-state index in [-0.39, 0.29) is 36.6 Å². The lowest BCUT2D eigenvalue weighted by Gasteiger charge is -2.08. The molecule has 24 heavy (non-hydrogen) atoms. The molecular formula is C16H19N3O5. The van der Waals surface area contributed by atoms with Crippen LogP contribution in [0.4, 0.5) is 5.69 Å². The lowest BCUT2D eigenvalue weighted by atomic mass is 10.2. The van der Waals surface area contributed by atoms with Crippen molar-refractivity contribution in [1.82, 2.24) is 10.1 Å². The molecule has 1 N–H and O–H groups in total. The molecule has 0 radical (unpaired) electrons. The van der Waals surface area contributed by atoms with E-state index in [0.717, 1.165) is 0 Å². The number of carbonyl (C=O) groups is 2. The van der Waals surface area contributed by atoms with Crippen LogP contribution in [0.5, 0.6) is 5.75 Å². The van der Waals surface area contributed by atoms with Gasteiger partial charge in [0.2, 0.25) is 5.91 Å². The van der Waals surface area contributed by atoms with Crippen LogP contribution in [0, 0.1) is 0 Å². The van der Waals surface area contributed by atoms with Crippen LogP contribution in [0.15, 0.2) is 28.8 Å². The zero-order chi connectivity index (χ0) is 17.4.